The number of ether oxygens (including phenoxy) is 2. The lowest BCUT2D eigenvalue weighted by atomic mass is 9.79. The van der Waals surface area contributed by atoms with E-state index in [1.165, 1.54) is 0 Å². The zero-order valence-electron chi connectivity index (χ0n) is 10.4. The first kappa shape index (κ1) is 12.0. The molecule has 0 aromatic rings. The van der Waals surface area contributed by atoms with Crippen LogP contribution in [0.4, 0.5) is 0 Å². The van der Waals surface area contributed by atoms with Crippen LogP contribution in [0.3, 0.4) is 0 Å². The zero-order chi connectivity index (χ0) is 11.8. The van der Waals surface area contributed by atoms with Crippen molar-refractivity contribution in [2.24, 2.45) is 0 Å². The van der Waals surface area contributed by atoms with E-state index in [0.29, 0.717) is 19.8 Å². The van der Waals surface area contributed by atoms with Crippen LogP contribution in [0.25, 0.3) is 0 Å². The van der Waals surface area contributed by atoms with Crippen molar-refractivity contribution in [2.75, 3.05) is 19.8 Å². The minimum Gasteiger partial charge on any atom is -0.499 e. The van der Waals surface area contributed by atoms with Crippen LogP contribution in [0.2, 0.25) is 0 Å². The highest BCUT2D eigenvalue weighted by atomic mass is 16.7. The lowest BCUT2D eigenvalue weighted by molar-refractivity contribution is 0.00578. The van der Waals surface area contributed by atoms with Crippen LogP contribution in [-0.4, -0.2) is 38.1 Å². The predicted octanol–water partition coefficient (Wildman–Crippen LogP) is 1.55. The molecule has 0 bridgehead atoms. The third-order valence-corrected chi connectivity index (χ3v) is 3.40. The molecule has 0 atom stereocenters. The van der Waals surface area contributed by atoms with E-state index in [1.807, 2.05) is 27.7 Å². The third kappa shape index (κ3) is 2.12. The fourth-order valence-corrected chi connectivity index (χ4v) is 1.62. The lowest BCUT2D eigenvalue weighted by Gasteiger charge is -2.32. The largest absolute Gasteiger partial charge is 0.499 e. The summed E-state index contributed by atoms with van der Waals surface area (Å²) in [4.78, 5) is 0. The molecule has 5 heteroatoms. The Morgan fingerprint density at radius 2 is 1.69 bits per heavy atom. The van der Waals surface area contributed by atoms with Gasteiger partial charge in [0, 0.05) is 5.47 Å². The molecule has 2 rings (SSSR count). The van der Waals surface area contributed by atoms with Crippen molar-refractivity contribution in [1.29, 1.82) is 0 Å². The molecule has 4 nitrogen and oxygen atoms in total. The van der Waals surface area contributed by atoms with E-state index >= 15 is 0 Å². The van der Waals surface area contributed by atoms with Crippen LogP contribution in [0.5, 0.6) is 0 Å². The quantitative estimate of drug-likeness (QED) is 0.635. The summed E-state index contributed by atoms with van der Waals surface area (Å²) in [5.41, 5.74) is 0.284. The summed E-state index contributed by atoms with van der Waals surface area (Å²) in [6.45, 7) is 9.84. The molecule has 0 saturated carbocycles. The molecule has 0 amide bonds. The maximum atomic E-state index is 5.91. The zero-order valence-corrected chi connectivity index (χ0v) is 10.4. The van der Waals surface area contributed by atoms with Gasteiger partial charge in [0.2, 0.25) is 0 Å². The fraction of sp³-hybridized carbons (Fsp3) is 0.818. The minimum atomic E-state index is -0.358. The second-order valence-corrected chi connectivity index (χ2v) is 5.20. The van der Waals surface area contributed by atoms with Crippen molar-refractivity contribution in [3.8, 4) is 0 Å². The van der Waals surface area contributed by atoms with E-state index < -0.39 is 0 Å². The topological polar surface area (TPSA) is 36.9 Å². The maximum Gasteiger partial charge on any atom is 0.496 e. The number of hydrogen-bond acceptors (Lipinski definition) is 4. The Bertz CT molecular complexity index is 282. The molecule has 0 aromatic heterocycles. The molecule has 1 fully saturated rings. The molecule has 2 heterocycles. The van der Waals surface area contributed by atoms with E-state index in [0.717, 1.165) is 5.47 Å². The molecule has 0 aromatic carbocycles. The van der Waals surface area contributed by atoms with Gasteiger partial charge in [-0.2, -0.15) is 0 Å². The van der Waals surface area contributed by atoms with Gasteiger partial charge < -0.3 is 18.8 Å². The summed E-state index contributed by atoms with van der Waals surface area (Å²) in [5, 5.41) is 0. The summed E-state index contributed by atoms with van der Waals surface area (Å²) in [6.07, 6.45) is 1.70. The number of hydrogen-bond donors (Lipinski definition) is 0. The van der Waals surface area contributed by atoms with Crippen LogP contribution in [-0.2, 0) is 18.8 Å². The number of rotatable bonds is 1. The Kier molecular flexibility index (Phi) is 3.03. The van der Waals surface area contributed by atoms with Crippen LogP contribution < -0.4 is 0 Å². The van der Waals surface area contributed by atoms with Gasteiger partial charge in [0.1, 0.15) is 6.61 Å². The van der Waals surface area contributed by atoms with E-state index in [1.54, 1.807) is 6.26 Å². The van der Waals surface area contributed by atoms with Gasteiger partial charge in [-0.1, -0.05) is 0 Å². The van der Waals surface area contributed by atoms with Gasteiger partial charge in [0.05, 0.1) is 30.7 Å². The molecule has 0 unspecified atom stereocenters. The van der Waals surface area contributed by atoms with Crippen molar-refractivity contribution in [3.05, 3.63) is 11.7 Å². The van der Waals surface area contributed by atoms with Crippen molar-refractivity contribution < 1.29 is 18.8 Å². The summed E-state index contributed by atoms with van der Waals surface area (Å²) in [6, 6.07) is 0. The van der Waals surface area contributed by atoms with Gasteiger partial charge in [-0.05, 0) is 27.7 Å². The second kappa shape index (κ2) is 4.06. The van der Waals surface area contributed by atoms with Crippen molar-refractivity contribution in [1.82, 2.24) is 0 Å². The van der Waals surface area contributed by atoms with Crippen LogP contribution in [0.15, 0.2) is 11.7 Å². The normalized spacial score (nSPS) is 28.2. The Balaban J connectivity index is 2.10. The lowest BCUT2D eigenvalue weighted by Crippen LogP contribution is -2.41. The Labute approximate surface area is 97.0 Å². The Hall–Kier alpha value is -0.515. The summed E-state index contributed by atoms with van der Waals surface area (Å²) >= 11 is 0. The highest BCUT2D eigenvalue weighted by Crippen LogP contribution is 2.38. The third-order valence-electron chi connectivity index (χ3n) is 3.40. The molecule has 0 radical (unpaired) electrons. The van der Waals surface area contributed by atoms with E-state index in [2.05, 4.69) is 0 Å². The first-order valence-corrected chi connectivity index (χ1v) is 5.66. The average molecular weight is 226 g/mol. The molecule has 2 aliphatic rings. The fourth-order valence-electron chi connectivity index (χ4n) is 1.62. The van der Waals surface area contributed by atoms with E-state index in [9.17, 15) is 0 Å². The predicted molar refractivity (Wildman–Crippen MR) is 60.9 cm³/mol. The van der Waals surface area contributed by atoms with Crippen molar-refractivity contribution >= 4 is 7.12 Å². The summed E-state index contributed by atoms with van der Waals surface area (Å²) in [7, 11) is -0.358. The molecule has 0 spiro atoms. The van der Waals surface area contributed by atoms with Gasteiger partial charge in [-0.3, -0.25) is 0 Å². The van der Waals surface area contributed by atoms with Gasteiger partial charge in [-0.15, -0.1) is 0 Å². The first-order valence-electron chi connectivity index (χ1n) is 5.66. The highest BCUT2D eigenvalue weighted by molar-refractivity contribution is 6.54. The Morgan fingerprint density at radius 3 is 2.31 bits per heavy atom. The molecule has 0 N–H and O–H groups in total. The van der Waals surface area contributed by atoms with Gasteiger partial charge in [0.15, 0.2) is 0 Å². The van der Waals surface area contributed by atoms with Gasteiger partial charge >= 0.3 is 7.12 Å². The molecular formula is C11H19BO4. The van der Waals surface area contributed by atoms with Crippen molar-refractivity contribution in [2.45, 2.75) is 38.9 Å². The van der Waals surface area contributed by atoms with E-state index in [4.69, 9.17) is 18.8 Å². The summed E-state index contributed by atoms with van der Waals surface area (Å²) < 4.78 is 22.5. The average Bonchev–Trinajstić information content (AvgIpc) is 2.42. The molecule has 90 valence electrons. The minimum absolute atomic E-state index is 0.315. The van der Waals surface area contributed by atoms with E-state index in [-0.39, 0.29) is 18.3 Å². The van der Waals surface area contributed by atoms with Gasteiger partial charge in [-0.25, -0.2) is 0 Å². The molecule has 16 heavy (non-hydrogen) atoms. The summed E-state index contributed by atoms with van der Waals surface area (Å²) in [5.74, 6) is 0. The van der Waals surface area contributed by atoms with Crippen LogP contribution in [0.1, 0.15) is 27.7 Å². The van der Waals surface area contributed by atoms with Crippen LogP contribution in [0, 0.1) is 0 Å². The second-order valence-electron chi connectivity index (χ2n) is 5.20. The SMILES string of the molecule is CC1(C)OB(C2=COCCOC2)OC1(C)C. The maximum absolute atomic E-state index is 5.91. The molecular weight excluding hydrogens is 207 g/mol. The van der Waals surface area contributed by atoms with Gasteiger partial charge in [0.25, 0.3) is 0 Å². The molecule has 2 aliphatic heterocycles. The monoisotopic (exact) mass is 226 g/mol. The van der Waals surface area contributed by atoms with Crippen molar-refractivity contribution in [3.63, 3.8) is 0 Å². The first-order chi connectivity index (χ1) is 7.42. The van der Waals surface area contributed by atoms with Crippen LogP contribution >= 0.6 is 0 Å². The standard InChI is InChI=1S/C11H19BO4/c1-10(2)11(3,4)16-12(15-10)9-7-13-5-6-14-8-9/h7H,5-6,8H2,1-4H3. The smallest absolute Gasteiger partial charge is 0.496 e. The Morgan fingerprint density at radius 1 is 1.06 bits per heavy atom. The molecule has 1 saturated heterocycles. The molecule has 0 aliphatic carbocycles. The highest BCUT2D eigenvalue weighted by Gasteiger charge is 2.52.